The molecular formula is C13H16FN. The Morgan fingerprint density at radius 2 is 2.13 bits per heavy atom. The van der Waals surface area contributed by atoms with Crippen LogP contribution in [0.4, 0.5) is 4.39 Å². The summed E-state index contributed by atoms with van der Waals surface area (Å²) in [4.78, 5) is 3.12. The van der Waals surface area contributed by atoms with E-state index in [0.29, 0.717) is 0 Å². The number of aromatic amines is 1. The van der Waals surface area contributed by atoms with Crippen molar-refractivity contribution >= 4 is 10.9 Å². The van der Waals surface area contributed by atoms with Crippen LogP contribution in [0.2, 0.25) is 0 Å². The van der Waals surface area contributed by atoms with Crippen LogP contribution in [0, 0.1) is 5.82 Å². The second kappa shape index (κ2) is 4.47. The van der Waals surface area contributed by atoms with Gasteiger partial charge in [-0.3, -0.25) is 0 Å². The largest absolute Gasteiger partial charge is 0.361 e. The molecule has 0 unspecified atom stereocenters. The molecule has 1 heterocycles. The molecule has 0 radical (unpaired) electrons. The van der Waals surface area contributed by atoms with Gasteiger partial charge in [-0.05, 0) is 36.6 Å². The summed E-state index contributed by atoms with van der Waals surface area (Å²) in [6.45, 7) is 2.20. The first-order valence-electron chi connectivity index (χ1n) is 5.57. The van der Waals surface area contributed by atoms with E-state index in [1.807, 2.05) is 12.3 Å². The SMILES string of the molecule is CCCCCc1c[nH]c2cc(F)ccc12. The smallest absolute Gasteiger partial charge is 0.125 e. The van der Waals surface area contributed by atoms with Crippen molar-refractivity contribution in [3.05, 3.63) is 35.8 Å². The monoisotopic (exact) mass is 205 g/mol. The highest BCUT2D eigenvalue weighted by Crippen LogP contribution is 2.20. The molecule has 0 saturated carbocycles. The standard InChI is InChI=1S/C13H16FN/c1-2-3-4-5-10-9-15-13-8-11(14)6-7-12(10)13/h6-9,15H,2-5H2,1H3. The van der Waals surface area contributed by atoms with Gasteiger partial charge in [0.05, 0.1) is 0 Å². The minimum absolute atomic E-state index is 0.176. The fourth-order valence-corrected chi connectivity index (χ4v) is 1.93. The van der Waals surface area contributed by atoms with Crippen LogP contribution in [-0.2, 0) is 6.42 Å². The van der Waals surface area contributed by atoms with Gasteiger partial charge in [-0.15, -0.1) is 0 Å². The number of hydrogen-bond acceptors (Lipinski definition) is 0. The number of benzene rings is 1. The summed E-state index contributed by atoms with van der Waals surface area (Å²) in [5.74, 6) is -0.176. The minimum atomic E-state index is -0.176. The molecule has 0 amide bonds. The first-order valence-corrected chi connectivity index (χ1v) is 5.57. The average molecular weight is 205 g/mol. The van der Waals surface area contributed by atoms with Gasteiger partial charge in [0.15, 0.2) is 0 Å². The number of hydrogen-bond donors (Lipinski definition) is 1. The van der Waals surface area contributed by atoms with Crippen LogP contribution >= 0.6 is 0 Å². The average Bonchev–Trinajstić information content (AvgIpc) is 2.61. The third-order valence-corrected chi connectivity index (χ3v) is 2.78. The predicted molar refractivity (Wildman–Crippen MR) is 61.5 cm³/mol. The molecular weight excluding hydrogens is 189 g/mol. The molecule has 0 atom stereocenters. The molecule has 1 nitrogen and oxygen atoms in total. The third kappa shape index (κ3) is 2.20. The predicted octanol–water partition coefficient (Wildman–Crippen LogP) is 4.04. The fourth-order valence-electron chi connectivity index (χ4n) is 1.93. The fraction of sp³-hybridized carbons (Fsp3) is 0.385. The first kappa shape index (κ1) is 10.2. The van der Waals surface area contributed by atoms with Crippen LogP contribution in [0.3, 0.4) is 0 Å². The molecule has 2 heteroatoms. The molecule has 0 aliphatic carbocycles. The van der Waals surface area contributed by atoms with Gasteiger partial charge in [-0.2, -0.15) is 0 Å². The van der Waals surface area contributed by atoms with Gasteiger partial charge in [0.2, 0.25) is 0 Å². The Labute approximate surface area is 89.3 Å². The first-order chi connectivity index (χ1) is 7.31. The zero-order chi connectivity index (χ0) is 10.7. The van der Waals surface area contributed by atoms with Gasteiger partial charge in [0.1, 0.15) is 5.82 Å². The minimum Gasteiger partial charge on any atom is -0.361 e. The molecule has 0 aliphatic rings. The van der Waals surface area contributed by atoms with E-state index in [0.717, 1.165) is 17.3 Å². The Morgan fingerprint density at radius 3 is 2.93 bits per heavy atom. The van der Waals surface area contributed by atoms with Gasteiger partial charge in [0.25, 0.3) is 0 Å². The molecule has 15 heavy (non-hydrogen) atoms. The quantitative estimate of drug-likeness (QED) is 0.725. The van der Waals surface area contributed by atoms with E-state index in [4.69, 9.17) is 0 Å². The zero-order valence-corrected chi connectivity index (χ0v) is 9.02. The summed E-state index contributed by atoms with van der Waals surface area (Å²) in [6, 6.07) is 4.95. The normalized spacial score (nSPS) is 11.1. The zero-order valence-electron chi connectivity index (χ0n) is 9.02. The van der Waals surface area contributed by atoms with Crippen LogP contribution in [0.15, 0.2) is 24.4 Å². The Kier molecular flexibility index (Phi) is 3.05. The lowest BCUT2D eigenvalue weighted by molar-refractivity contribution is 0.629. The van der Waals surface area contributed by atoms with Crippen LogP contribution in [0.1, 0.15) is 31.7 Å². The van der Waals surface area contributed by atoms with E-state index < -0.39 is 0 Å². The lowest BCUT2D eigenvalue weighted by atomic mass is 10.1. The van der Waals surface area contributed by atoms with E-state index >= 15 is 0 Å². The summed E-state index contributed by atoms with van der Waals surface area (Å²) in [5, 5.41) is 1.16. The number of aromatic nitrogens is 1. The lowest BCUT2D eigenvalue weighted by Gasteiger charge is -1.98. The second-order valence-corrected chi connectivity index (χ2v) is 3.96. The van der Waals surface area contributed by atoms with Gasteiger partial charge in [-0.1, -0.05) is 19.8 Å². The number of halogens is 1. The Bertz CT molecular complexity index is 445. The van der Waals surface area contributed by atoms with E-state index in [1.54, 1.807) is 6.07 Å². The molecule has 1 N–H and O–H groups in total. The topological polar surface area (TPSA) is 15.8 Å². The summed E-state index contributed by atoms with van der Waals surface area (Å²) in [5.41, 5.74) is 2.21. The van der Waals surface area contributed by atoms with Gasteiger partial charge in [-0.25, -0.2) is 4.39 Å². The van der Waals surface area contributed by atoms with Crippen LogP contribution in [-0.4, -0.2) is 4.98 Å². The summed E-state index contributed by atoms with van der Waals surface area (Å²) < 4.78 is 12.9. The van der Waals surface area contributed by atoms with Crippen LogP contribution in [0.25, 0.3) is 10.9 Å². The van der Waals surface area contributed by atoms with E-state index in [1.165, 1.54) is 30.9 Å². The Morgan fingerprint density at radius 1 is 1.27 bits per heavy atom. The second-order valence-electron chi connectivity index (χ2n) is 3.96. The van der Waals surface area contributed by atoms with Crippen molar-refractivity contribution in [2.45, 2.75) is 32.6 Å². The number of unbranched alkanes of at least 4 members (excludes halogenated alkanes) is 2. The van der Waals surface area contributed by atoms with Gasteiger partial charge >= 0.3 is 0 Å². The highest BCUT2D eigenvalue weighted by atomic mass is 19.1. The van der Waals surface area contributed by atoms with Gasteiger partial charge < -0.3 is 4.98 Å². The molecule has 2 rings (SSSR count). The van der Waals surface area contributed by atoms with Crippen molar-refractivity contribution < 1.29 is 4.39 Å². The highest BCUT2D eigenvalue weighted by molar-refractivity contribution is 5.83. The molecule has 0 saturated heterocycles. The van der Waals surface area contributed by atoms with Gasteiger partial charge in [0, 0.05) is 17.1 Å². The molecule has 2 aromatic rings. The van der Waals surface area contributed by atoms with E-state index in [2.05, 4.69) is 11.9 Å². The van der Waals surface area contributed by atoms with Crippen molar-refractivity contribution in [2.24, 2.45) is 0 Å². The highest BCUT2D eigenvalue weighted by Gasteiger charge is 2.03. The number of nitrogens with one attached hydrogen (secondary N) is 1. The molecule has 1 aromatic heterocycles. The molecule has 0 spiro atoms. The summed E-state index contributed by atoms with van der Waals surface area (Å²) in [6.07, 6.45) is 6.78. The molecule has 0 bridgehead atoms. The summed E-state index contributed by atoms with van der Waals surface area (Å²) >= 11 is 0. The maximum absolute atomic E-state index is 12.9. The number of aryl methyl sites for hydroxylation is 1. The molecule has 80 valence electrons. The lowest BCUT2D eigenvalue weighted by Crippen LogP contribution is -1.83. The number of H-pyrrole nitrogens is 1. The Hall–Kier alpha value is -1.31. The molecule has 1 aromatic carbocycles. The van der Waals surface area contributed by atoms with Crippen LogP contribution < -0.4 is 0 Å². The van der Waals surface area contributed by atoms with Crippen molar-refractivity contribution in [2.75, 3.05) is 0 Å². The van der Waals surface area contributed by atoms with Crippen molar-refractivity contribution in [3.63, 3.8) is 0 Å². The maximum Gasteiger partial charge on any atom is 0.125 e. The number of rotatable bonds is 4. The Balaban J connectivity index is 2.21. The summed E-state index contributed by atoms with van der Waals surface area (Å²) in [7, 11) is 0. The van der Waals surface area contributed by atoms with E-state index in [-0.39, 0.29) is 5.82 Å². The maximum atomic E-state index is 12.9. The molecule has 0 fully saturated rings. The van der Waals surface area contributed by atoms with E-state index in [9.17, 15) is 4.39 Å². The van der Waals surface area contributed by atoms with Crippen molar-refractivity contribution in [1.29, 1.82) is 0 Å². The number of fused-ring (bicyclic) bond motifs is 1. The van der Waals surface area contributed by atoms with Crippen LogP contribution in [0.5, 0.6) is 0 Å². The van der Waals surface area contributed by atoms with Crippen molar-refractivity contribution in [3.8, 4) is 0 Å². The third-order valence-electron chi connectivity index (χ3n) is 2.78. The molecule has 0 aliphatic heterocycles. The van der Waals surface area contributed by atoms with Crippen molar-refractivity contribution in [1.82, 2.24) is 4.98 Å².